The molecular weight excluding hydrogens is 340 g/mol. The summed E-state index contributed by atoms with van der Waals surface area (Å²) < 4.78 is 15.5. The van der Waals surface area contributed by atoms with E-state index >= 15 is 0 Å². The Morgan fingerprint density at radius 1 is 1.27 bits per heavy atom. The van der Waals surface area contributed by atoms with E-state index in [-0.39, 0.29) is 30.4 Å². The number of non-ortho nitro benzene ring substituents is 1. The van der Waals surface area contributed by atoms with Crippen LogP contribution in [0.25, 0.3) is 0 Å². The molecule has 2 rings (SSSR count). The number of esters is 1. The normalized spacial score (nSPS) is 10.5. The maximum atomic E-state index is 11.6. The van der Waals surface area contributed by atoms with Crippen LogP contribution in [0.5, 0.6) is 11.5 Å². The molecule has 0 aliphatic carbocycles. The summed E-state index contributed by atoms with van der Waals surface area (Å²) in [6, 6.07) is 11.6. The minimum Gasteiger partial charge on any atom is -0.493 e. The number of benzene rings is 2. The van der Waals surface area contributed by atoms with Crippen molar-refractivity contribution in [3.8, 4) is 11.5 Å². The number of methoxy groups -OCH3 is 1. The lowest BCUT2D eigenvalue weighted by Gasteiger charge is -2.12. The molecule has 0 unspecified atom stereocenters. The second-order valence-electron chi connectivity index (χ2n) is 5.01. The highest BCUT2D eigenvalue weighted by Gasteiger charge is 2.19. The van der Waals surface area contributed by atoms with Crippen molar-refractivity contribution in [2.45, 2.75) is 6.92 Å². The van der Waals surface area contributed by atoms with Crippen molar-refractivity contribution in [3.05, 3.63) is 58.1 Å². The quantitative estimate of drug-likeness (QED) is 0.311. The minimum atomic E-state index is -0.557. The highest BCUT2D eigenvalue weighted by molar-refractivity contribution is 5.88. The van der Waals surface area contributed by atoms with Crippen LogP contribution in [0.3, 0.4) is 0 Å². The largest absolute Gasteiger partial charge is 0.493 e. The van der Waals surface area contributed by atoms with Crippen LogP contribution in [0.4, 0.5) is 11.4 Å². The lowest BCUT2D eigenvalue weighted by Crippen LogP contribution is -2.15. The van der Waals surface area contributed by atoms with Crippen molar-refractivity contribution >= 4 is 23.6 Å². The predicted molar refractivity (Wildman–Crippen MR) is 95.5 cm³/mol. The van der Waals surface area contributed by atoms with E-state index in [0.29, 0.717) is 11.3 Å². The zero-order valence-corrected chi connectivity index (χ0v) is 14.4. The zero-order chi connectivity index (χ0) is 18.9. The number of nitro benzene ring substituents is 1. The van der Waals surface area contributed by atoms with Crippen LogP contribution < -0.4 is 9.47 Å². The molecule has 0 aromatic heterocycles. The summed E-state index contributed by atoms with van der Waals surface area (Å²) in [5.74, 6) is -0.261. The van der Waals surface area contributed by atoms with Crippen molar-refractivity contribution in [2.75, 3.05) is 20.3 Å². The molecule has 0 aliphatic rings. The van der Waals surface area contributed by atoms with Crippen LogP contribution in [0.1, 0.15) is 12.5 Å². The molecule has 0 N–H and O–H groups in total. The molecule has 8 heteroatoms. The molecule has 0 heterocycles. The summed E-state index contributed by atoms with van der Waals surface area (Å²) in [6.45, 7) is 1.55. The second-order valence-corrected chi connectivity index (χ2v) is 5.01. The molecule has 0 spiro atoms. The first-order chi connectivity index (χ1) is 12.5. The van der Waals surface area contributed by atoms with E-state index in [9.17, 15) is 14.9 Å². The predicted octanol–water partition coefficient (Wildman–Crippen LogP) is 3.30. The van der Waals surface area contributed by atoms with Gasteiger partial charge in [0, 0.05) is 17.8 Å². The third-order valence-electron chi connectivity index (χ3n) is 3.25. The molecule has 0 atom stereocenters. The van der Waals surface area contributed by atoms with Crippen LogP contribution in [0.15, 0.2) is 47.5 Å². The van der Waals surface area contributed by atoms with Crippen LogP contribution in [0.2, 0.25) is 0 Å². The van der Waals surface area contributed by atoms with Gasteiger partial charge in [0.2, 0.25) is 0 Å². The van der Waals surface area contributed by atoms with E-state index in [1.165, 1.54) is 25.5 Å². The highest BCUT2D eigenvalue weighted by atomic mass is 16.6. The SMILES string of the molecule is CCOC(=O)COc1c(C=Nc2ccccc2)cc([N+](=O)[O-])cc1OC. The summed E-state index contributed by atoms with van der Waals surface area (Å²) in [6.07, 6.45) is 1.42. The van der Waals surface area contributed by atoms with Gasteiger partial charge < -0.3 is 14.2 Å². The fraction of sp³-hybridized carbons (Fsp3) is 0.222. The van der Waals surface area contributed by atoms with Crippen LogP contribution in [-0.2, 0) is 9.53 Å². The van der Waals surface area contributed by atoms with Crippen LogP contribution in [-0.4, -0.2) is 37.4 Å². The molecule has 0 radical (unpaired) electrons. The van der Waals surface area contributed by atoms with Gasteiger partial charge in [-0.3, -0.25) is 15.1 Å². The summed E-state index contributed by atoms with van der Waals surface area (Å²) in [5, 5.41) is 11.1. The van der Waals surface area contributed by atoms with Crippen molar-refractivity contribution in [2.24, 2.45) is 4.99 Å². The number of rotatable bonds is 8. The van der Waals surface area contributed by atoms with Gasteiger partial charge in [-0.2, -0.15) is 0 Å². The summed E-state index contributed by atoms with van der Waals surface area (Å²) in [7, 11) is 1.36. The van der Waals surface area contributed by atoms with Crippen LogP contribution in [0, 0.1) is 10.1 Å². The van der Waals surface area contributed by atoms with Gasteiger partial charge in [-0.15, -0.1) is 0 Å². The average molecular weight is 358 g/mol. The number of hydrogen-bond donors (Lipinski definition) is 0. The Morgan fingerprint density at radius 2 is 2.00 bits per heavy atom. The van der Waals surface area contributed by atoms with E-state index in [2.05, 4.69) is 4.99 Å². The second kappa shape index (κ2) is 9.16. The monoisotopic (exact) mass is 358 g/mol. The number of aliphatic imine (C=N–C) groups is 1. The fourth-order valence-electron chi connectivity index (χ4n) is 2.11. The fourth-order valence-corrected chi connectivity index (χ4v) is 2.11. The van der Waals surface area contributed by atoms with Gasteiger partial charge in [-0.25, -0.2) is 4.79 Å². The molecule has 0 saturated heterocycles. The van der Waals surface area contributed by atoms with Crippen molar-refractivity contribution in [1.82, 2.24) is 0 Å². The summed E-state index contributed by atoms with van der Waals surface area (Å²) in [5.41, 5.74) is 0.790. The topological polar surface area (TPSA) is 100 Å². The molecular formula is C18H18N2O6. The third-order valence-corrected chi connectivity index (χ3v) is 3.25. The first kappa shape index (κ1) is 18.9. The number of carbonyl (C=O) groups is 1. The van der Waals surface area contributed by atoms with E-state index in [0.717, 1.165) is 0 Å². The lowest BCUT2D eigenvalue weighted by molar-refractivity contribution is -0.385. The lowest BCUT2D eigenvalue weighted by atomic mass is 10.1. The van der Waals surface area contributed by atoms with E-state index in [1.54, 1.807) is 19.1 Å². The molecule has 8 nitrogen and oxygen atoms in total. The smallest absolute Gasteiger partial charge is 0.344 e. The number of nitrogens with zero attached hydrogens (tertiary/aromatic N) is 2. The Balaban J connectivity index is 2.40. The molecule has 2 aromatic carbocycles. The Bertz CT molecular complexity index is 805. The number of para-hydroxylation sites is 1. The molecule has 2 aromatic rings. The van der Waals surface area contributed by atoms with Gasteiger partial charge in [0.05, 0.1) is 30.4 Å². The number of hydrogen-bond acceptors (Lipinski definition) is 7. The molecule has 0 fully saturated rings. The van der Waals surface area contributed by atoms with E-state index < -0.39 is 10.9 Å². The summed E-state index contributed by atoms with van der Waals surface area (Å²) in [4.78, 5) is 26.4. The van der Waals surface area contributed by atoms with Crippen molar-refractivity contribution < 1.29 is 23.9 Å². The maximum Gasteiger partial charge on any atom is 0.344 e. The molecule has 26 heavy (non-hydrogen) atoms. The number of ether oxygens (including phenoxy) is 3. The van der Waals surface area contributed by atoms with Crippen LogP contribution >= 0.6 is 0 Å². The van der Waals surface area contributed by atoms with Gasteiger partial charge >= 0.3 is 5.97 Å². The minimum absolute atomic E-state index is 0.123. The maximum absolute atomic E-state index is 11.6. The van der Waals surface area contributed by atoms with E-state index in [1.807, 2.05) is 18.2 Å². The Hall–Kier alpha value is -3.42. The molecule has 0 saturated carbocycles. The first-order valence-electron chi connectivity index (χ1n) is 7.79. The molecule has 0 amide bonds. The molecule has 0 bridgehead atoms. The van der Waals surface area contributed by atoms with Crippen molar-refractivity contribution in [1.29, 1.82) is 0 Å². The van der Waals surface area contributed by atoms with Crippen molar-refractivity contribution in [3.63, 3.8) is 0 Å². The van der Waals surface area contributed by atoms with Gasteiger partial charge in [-0.05, 0) is 19.1 Å². The Morgan fingerprint density at radius 3 is 2.62 bits per heavy atom. The highest BCUT2D eigenvalue weighted by Crippen LogP contribution is 2.35. The molecule has 0 aliphatic heterocycles. The van der Waals surface area contributed by atoms with Gasteiger partial charge in [0.25, 0.3) is 5.69 Å². The standard InChI is InChI=1S/C18H18N2O6/c1-3-25-17(21)12-26-18-13(11-19-14-7-5-4-6-8-14)9-15(20(22)23)10-16(18)24-2/h4-11H,3,12H2,1-2H3. The Kier molecular flexibility index (Phi) is 6.67. The zero-order valence-electron chi connectivity index (χ0n) is 14.4. The van der Waals surface area contributed by atoms with E-state index in [4.69, 9.17) is 14.2 Å². The first-order valence-corrected chi connectivity index (χ1v) is 7.79. The third kappa shape index (κ3) is 5.04. The number of nitro groups is 1. The summed E-state index contributed by atoms with van der Waals surface area (Å²) >= 11 is 0. The molecule has 136 valence electrons. The Labute approximate surface area is 150 Å². The average Bonchev–Trinajstić information content (AvgIpc) is 2.65. The number of carbonyl (C=O) groups excluding carboxylic acids is 1. The van der Waals surface area contributed by atoms with Gasteiger partial charge in [-0.1, -0.05) is 18.2 Å². The van der Waals surface area contributed by atoms with Gasteiger partial charge in [0.15, 0.2) is 18.1 Å². The van der Waals surface area contributed by atoms with Gasteiger partial charge in [0.1, 0.15) is 0 Å².